The molecule has 0 saturated carbocycles. The highest BCUT2D eigenvalue weighted by Gasteiger charge is 2.17. The molecule has 0 aliphatic carbocycles. The number of nitrogens with zero attached hydrogens (tertiary/aromatic N) is 6. The van der Waals surface area contributed by atoms with E-state index in [0.29, 0.717) is 16.7 Å². The third-order valence-electron chi connectivity index (χ3n) is 3.96. The predicted octanol–water partition coefficient (Wildman–Crippen LogP) is 1.68. The number of aryl methyl sites for hydroxylation is 2. The summed E-state index contributed by atoms with van der Waals surface area (Å²) in [5.74, 6) is 6.03. The number of carbonyl (C=O) groups excluding carboxylic acids is 1. The van der Waals surface area contributed by atoms with Crippen molar-refractivity contribution in [2.24, 2.45) is 0 Å². The van der Waals surface area contributed by atoms with Gasteiger partial charge in [0.15, 0.2) is 0 Å². The van der Waals surface area contributed by atoms with Crippen molar-refractivity contribution >= 4 is 17.7 Å². The van der Waals surface area contributed by atoms with Crippen LogP contribution in [0.1, 0.15) is 17.0 Å². The van der Waals surface area contributed by atoms with E-state index in [2.05, 4.69) is 15.3 Å². The molecule has 2 aromatic heterocycles. The Balaban J connectivity index is 1.64. The van der Waals surface area contributed by atoms with Gasteiger partial charge in [0.1, 0.15) is 5.82 Å². The van der Waals surface area contributed by atoms with Crippen molar-refractivity contribution in [1.29, 1.82) is 0 Å². The molecule has 27 heavy (non-hydrogen) atoms. The Labute approximate surface area is 160 Å². The first-order valence-corrected chi connectivity index (χ1v) is 9.19. The maximum Gasteiger partial charge on any atom is 0.271 e. The molecule has 0 aliphatic heterocycles. The number of carbonyl (C=O) groups is 1. The van der Waals surface area contributed by atoms with E-state index in [1.807, 2.05) is 19.9 Å². The number of hydrogen-bond acceptors (Lipinski definition) is 6. The third-order valence-corrected chi connectivity index (χ3v) is 4.89. The normalized spacial score (nSPS) is 11.0. The van der Waals surface area contributed by atoms with E-state index < -0.39 is 0 Å². The number of aromatic nitrogens is 5. The quantitative estimate of drug-likeness (QED) is 0.509. The van der Waals surface area contributed by atoms with Crippen LogP contribution in [0, 0.1) is 19.7 Å². The van der Waals surface area contributed by atoms with Gasteiger partial charge in [-0.25, -0.2) is 13.7 Å². The van der Waals surface area contributed by atoms with Gasteiger partial charge in [0, 0.05) is 24.8 Å². The molecule has 3 aromatic rings. The molecule has 2 N–H and O–H groups in total. The third kappa shape index (κ3) is 4.11. The van der Waals surface area contributed by atoms with Crippen LogP contribution in [0.2, 0.25) is 0 Å². The molecule has 10 heteroatoms. The molecule has 142 valence electrons. The van der Waals surface area contributed by atoms with E-state index in [1.165, 1.54) is 15.6 Å². The summed E-state index contributed by atoms with van der Waals surface area (Å²) in [6.45, 7) is 3.96. The highest BCUT2D eigenvalue weighted by Crippen LogP contribution is 2.18. The van der Waals surface area contributed by atoms with Crippen LogP contribution in [-0.2, 0) is 11.3 Å². The second kappa shape index (κ2) is 7.78. The van der Waals surface area contributed by atoms with Crippen LogP contribution in [0.4, 0.5) is 4.39 Å². The van der Waals surface area contributed by atoms with E-state index in [1.54, 1.807) is 29.9 Å². The number of rotatable bonds is 6. The van der Waals surface area contributed by atoms with E-state index in [9.17, 15) is 9.18 Å². The fourth-order valence-corrected chi connectivity index (χ4v) is 3.34. The van der Waals surface area contributed by atoms with Crippen molar-refractivity contribution in [3.8, 4) is 5.95 Å². The van der Waals surface area contributed by atoms with Crippen molar-refractivity contribution in [2.45, 2.75) is 25.5 Å². The summed E-state index contributed by atoms with van der Waals surface area (Å²) in [7, 11) is 1.63. The molecule has 0 saturated heterocycles. The van der Waals surface area contributed by atoms with Crippen LogP contribution < -0.4 is 5.84 Å². The topological polar surface area (TPSA) is 94.9 Å². The van der Waals surface area contributed by atoms with E-state index >= 15 is 0 Å². The van der Waals surface area contributed by atoms with Crippen molar-refractivity contribution in [3.63, 3.8) is 0 Å². The number of halogens is 1. The Kier molecular flexibility index (Phi) is 5.45. The smallest absolute Gasteiger partial charge is 0.271 e. The molecule has 2 heterocycles. The zero-order valence-corrected chi connectivity index (χ0v) is 16.1. The van der Waals surface area contributed by atoms with Crippen LogP contribution in [0.5, 0.6) is 0 Å². The van der Waals surface area contributed by atoms with Crippen molar-refractivity contribution < 1.29 is 9.18 Å². The lowest BCUT2D eigenvalue weighted by molar-refractivity contribution is -0.127. The second-order valence-electron chi connectivity index (χ2n) is 6.12. The SMILES string of the molecule is Cc1cc(C)n(-c2nnc(SCC(=O)N(C)Cc3ccccc3F)n2N)n1. The molecule has 0 unspecified atom stereocenters. The van der Waals surface area contributed by atoms with E-state index in [0.717, 1.165) is 23.1 Å². The summed E-state index contributed by atoms with van der Waals surface area (Å²) in [5.41, 5.74) is 2.19. The maximum absolute atomic E-state index is 13.7. The van der Waals surface area contributed by atoms with Crippen LogP contribution in [0.25, 0.3) is 5.95 Å². The zero-order chi connectivity index (χ0) is 19.6. The Morgan fingerprint density at radius 2 is 2.04 bits per heavy atom. The predicted molar refractivity (Wildman–Crippen MR) is 100 cm³/mol. The average molecular weight is 389 g/mol. The van der Waals surface area contributed by atoms with Gasteiger partial charge in [-0.1, -0.05) is 30.0 Å². The van der Waals surface area contributed by atoms with E-state index in [-0.39, 0.29) is 24.0 Å². The summed E-state index contributed by atoms with van der Waals surface area (Å²) < 4.78 is 16.6. The van der Waals surface area contributed by atoms with Crippen LogP contribution in [0.15, 0.2) is 35.5 Å². The molecule has 0 bridgehead atoms. The van der Waals surface area contributed by atoms with Crippen molar-refractivity contribution in [2.75, 3.05) is 18.6 Å². The Hall–Kier alpha value is -2.88. The van der Waals surface area contributed by atoms with Crippen LogP contribution in [0.3, 0.4) is 0 Å². The fraction of sp³-hybridized carbons (Fsp3) is 0.294. The first-order valence-electron chi connectivity index (χ1n) is 8.21. The minimum Gasteiger partial charge on any atom is -0.341 e. The minimum absolute atomic E-state index is 0.109. The minimum atomic E-state index is -0.332. The summed E-state index contributed by atoms with van der Waals surface area (Å²) in [6, 6.07) is 8.29. The van der Waals surface area contributed by atoms with Gasteiger partial charge < -0.3 is 10.7 Å². The zero-order valence-electron chi connectivity index (χ0n) is 15.3. The molecule has 3 rings (SSSR count). The first kappa shape index (κ1) is 18.9. The van der Waals surface area contributed by atoms with Gasteiger partial charge in [-0.15, -0.1) is 10.2 Å². The van der Waals surface area contributed by atoms with Gasteiger partial charge in [0.05, 0.1) is 11.4 Å². The number of nitrogen functional groups attached to an aromatic ring is 1. The van der Waals surface area contributed by atoms with Gasteiger partial charge >= 0.3 is 0 Å². The van der Waals surface area contributed by atoms with Gasteiger partial charge in [-0.3, -0.25) is 4.79 Å². The Morgan fingerprint density at radius 1 is 1.30 bits per heavy atom. The molecule has 0 fully saturated rings. The number of nitrogens with two attached hydrogens (primary N) is 1. The second-order valence-corrected chi connectivity index (χ2v) is 7.06. The summed E-state index contributed by atoms with van der Waals surface area (Å²) >= 11 is 1.16. The van der Waals surface area contributed by atoms with Gasteiger partial charge in [0.25, 0.3) is 5.95 Å². The monoisotopic (exact) mass is 389 g/mol. The molecule has 8 nitrogen and oxygen atoms in total. The number of benzene rings is 1. The molecule has 0 radical (unpaired) electrons. The number of hydrogen-bond donors (Lipinski definition) is 1. The van der Waals surface area contributed by atoms with Gasteiger partial charge in [-0.2, -0.15) is 5.10 Å². The molecule has 0 spiro atoms. The maximum atomic E-state index is 13.7. The lowest BCUT2D eigenvalue weighted by Crippen LogP contribution is -2.28. The number of thioether (sulfide) groups is 1. The molecular weight excluding hydrogens is 369 g/mol. The molecular formula is C17H20FN7OS. The van der Waals surface area contributed by atoms with Crippen molar-refractivity contribution in [3.05, 3.63) is 53.1 Å². The molecule has 1 amide bonds. The molecule has 0 atom stereocenters. The standard InChI is InChI=1S/C17H20FN7OS/c1-11-8-12(2)25(22-11)16-20-21-17(24(16)19)27-10-15(26)23(3)9-13-6-4-5-7-14(13)18/h4-8H,9-10,19H2,1-3H3. The van der Waals surface area contributed by atoms with E-state index in [4.69, 9.17) is 5.84 Å². The highest BCUT2D eigenvalue weighted by atomic mass is 32.2. The molecule has 1 aromatic carbocycles. The molecule has 0 aliphatic rings. The first-order chi connectivity index (χ1) is 12.9. The van der Waals surface area contributed by atoms with Crippen molar-refractivity contribution in [1.82, 2.24) is 29.6 Å². The van der Waals surface area contributed by atoms with Crippen LogP contribution in [-0.4, -0.2) is 48.3 Å². The largest absolute Gasteiger partial charge is 0.341 e. The summed E-state index contributed by atoms with van der Waals surface area (Å²) in [4.78, 5) is 13.8. The average Bonchev–Trinajstić information content (AvgIpc) is 3.15. The summed E-state index contributed by atoms with van der Waals surface area (Å²) in [5, 5.41) is 12.8. The Morgan fingerprint density at radius 3 is 2.70 bits per heavy atom. The fourth-order valence-electron chi connectivity index (χ4n) is 2.55. The lowest BCUT2D eigenvalue weighted by Gasteiger charge is -2.17. The van der Waals surface area contributed by atoms with Gasteiger partial charge in [0.2, 0.25) is 11.1 Å². The Bertz CT molecular complexity index is 968. The highest BCUT2D eigenvalue weighted by molar-refractivity contribution is 7.99. The lowest BCUT2D eigenvalue weighted by atomic mass is 10.2. The van der Waals surface area contributed by atoms with Crippen LogP contribution >= 0.6 is 11.8 Å². The number of amides is 1. The summed E-state index contributed by atoms with van der Waals surface area (Å²) in [6.07, 6.45) is 0. The van der Waals surface area contributed by atoms with Gasteiger partial charge in [-0.05, 0) is 26.0 Å².